The second-order valence-corrected chi connectivity index (χ2v) is 10.6. The van der Waals surface area contributed by atoms with E-state index in [1.165, 1.54) is 33.4 Å². The van der Waals surface area contributed by atoms with Crippen LogP contribution in [0.4, 0.5) is 0 Å². The molecule has 4 nitrogen and oxygen atoms in total. The van der Waals surface area contributed by atoms with E-state index in [4.69, 9.17) is 31.5 Å². The number of hydrogen-bond donors (Lipinski definition) is 1. The number of hydrogen-bond acceptors (Lipinski definition) is 4. The third-order valence-electron chi connectivity index (χ3n) is 7.20. The molecule has 0 aliphatic carbocycles. The molecule has 3 aromatic rings. The first-order valence-corrected chi connectivity index (χ1v) is 14.7. The summed E-state index contributed by atoms with van der Waals surface area (Å²) in [7, 11) is 1.74. The Morgan fingerprint density at radius 2 is 1.78 bits per heavy atom. The number of benzene rings is 3. The topological polar surface area (TPSA) is 53.7 Å². The molecule has 0 amide bonds. The number of allylic oxidation sites excluding steroid dienone is 5. The zero-order chi connectivity index (χ0) is 29.6. The molecule has 0 radical (unpaired) electrons. The fraction of sp³-hybridized carbons (Fsp3) is 0.333. The number of methoxy groups -OCH3 is 1. The van der Waals surface area contributed by atoms with Gasteiger partial charge in [-0.2, -0.15) is 0 Å². The number of rotatable bonds is 16. The zero-order valence-electron chi connectivity index (χ0n) is 24.9. The first kappa shape index (κ1) is 32.2. The van der Waals surface area contributed by atoms with E-state index in [1.807, 2.05) is 32.1 Å². The van der Waals surface area contributed by atoms with Crippen molar-refractivity contribution >= 4 is 11.6 Å². The van der Waals surface area contributed by atoms with E-state index in [2.05, 4.69) is 68.1 Å². The van der Waals surface area contributed by atoms with E-state index in [0.29, 0.717) is 37.8 Å². The molecule has 41 heavy (non-hydrogen) atoms. The minimum absolute atomic E-state index is 0.232. The summed E-state index contributed by atoms with van der Waals surface area (Å²) in [6, 6.07) is 23.6. The number of ether oxygens (including phenoxy) is 3. The second kappa shape index (κ2) is 16.8. The first-order chi connectivity index (χ1) is 19.9. The number of aryl methyl sites for hydroxylation is 1. The molecular formula is C36H44ClNO3. The Kier molecular flexibility index (Phi) is 13.2. The summed E-state index contributed by atoms with van der Waals surface area (Å²) in [5.41, 5.74) is 14.8. The summed E-state index contributed by atoms with van der Waals surface area (Å²) in [5, 5.41) is 0.598. The van der Waals surface area contributed by atoms with Crippen LogP contribution >= 0.6 is 11.6 Å². The average molecular weight is 574 g/mol. The molecule has 0 fully saturated rings. The maximum Gasteiger partial charge on any atom is 0.122 e. The van der Waals surface area contributed by atoms with Crippen molar-refractivity contribution in [1.82, 2.24) is 0 Å². The summed E-state index contributed by atoms with van der Waals surface area (Å²) in [4.78, 5) is 0. The standard InChI is InChI=1S/C36H44ClNO3/c1-6-26(3)22-35(37)36(7-2)41-21-20-40-32-15-12-28(13-16-32)24-31(25-38)33-17-14-30(23-27(33)4)34-11-9-8-10-29(34)18-19-39-5/h6,8-17,22-23,31H,1,7,18-21,24-25,38H2,2-5H3/b26-22-,36-35-. The molecule has 0 bridgehead atoms. The van der Waals surface area contributed by atoms with Crippen molar-refractivity contribution in [2.75, 3.05) is 33.5 Å². The lowest BCUT2D eigenvalue weighted by Crippen LogP contribution is -2.16. The van der Waals surface area contributed by atoms with E-state index in [9.17, 15) is 0 Å². The van der Waals surface area contributed by atoms with E-state index in [0.717, 1.165) is 29.9 Å². The van der Waals surface area contributed by atoms with Gasteiger partial charge < -0.3 is 19.9 Å². The van der Waals surface area contributed by atoms with Gasteiger partial charge in [0, 0.05) is 19.4 Å². The third-order valence-corrected chi connectivity index (χ3v) is 7.52. The Balaban J connectivity index is 1.60. The van der Waals surface area contributed by atoms with Crippen LogP contribution in [-0.2, 0) is 22.3 Å². The molecule has 0 aliphatic heterocycles. The smallest absolute Gasteiger partial charge is 0.122 e. The summed E-state index contributed by atoms with van der Waals surface area (Å²) in [6.07, 6.45) is 6.10. The fourth-order valence-corrected chi connectivity index (χ4v) is 5.22. The van der Waals surface area contributed by atoms with Crippen LogP contribution in [-0.4, -0.2) is 33.5 Å². The minimum Gasteiger partial charge on any atom is -0.493 e. The SMILES string of the molecule is C=C/C(C)=C\C(Cl)=C(/CC)OCCOc1ccc(CC(CN)c2ccc(-c3ccccc3CCOC)cc2C)cc1. The van der Waals surface area contributed by atoms with Gasteiger partial charge in [-0.15, -0.1) is 0 Å². The van der Waals surface area contributed by atoms with E-state index < -0.39 is 0 Å². The Morgan fingerprint density at radius 1 is 1.02 bits per heavy atom. The van der Waals surface area contributed by atoms with Crippen molar-refractivity contribution in [3.63, 3.8) is 0 Å². The van der Waals surface area contributed by atoms with E-state index in [-0.39, 0.29) is 5.92 Å². The molecule has 1 atom stereocenters. The van der Waals surface area contributed by atoms with Gasteiger partial charge in [-0.1, -0.05) is 91.4 Å². The van der Waals surface area contributed by atoms with E-state index >= 15 is 0 Å². The lowest BCUT2D eigenvalue weighted by Gasteiger charge is -2.20. The molecule has 0 saturated heterocycles. The molecule has 0 spiro atoms. The first-order valence-electron chi connectivity index (χ1n) is 14.3. The summed E-state index contributed by atoms with van der Waals surface area (Å²) < 4.78 is 17.1. The van der Waals surface area contributed by atoms with E-state index in [1.54, 1.807) is 13.2 Å². The van der Waals surface area contributed by atoms with Gasteiger partial charge in [0.05, 0.1) is 11.6 Å². The molecule has 0 heterocycles. The van der Waals surface area contributed by atoms with Crippen molar-refractivity contribution in [2.45, 2.75) is 46.0 Å². The highest BCUT2D eigenvalue weighted by Crippen LogP contribution is 2.30. The Labute approximate surface area is 251 Å². The predicted molar refractivity (Wildman–Crippen MR) is 173 cm³/mol. The average Bonchev–Trinajstić information content (AvgIpc) is 2.99. The van der Waals surface area contributed by atoms with Crippen LogP contribution in [0.2, 0.25) is 0 Å². The third kappa shape index (κ3) is 9.64. The summed E-state index contributed by atoms with van der Waals surface area (Å²) in [5.74, 6) is 1.79. The van der Waals surface area contributed by atoms with Crippen molar-refractivity contribution in [3.8, 4) is 16.9 Å². The Morgan fingerprint density at radius 3 is 2.44 bits per heavy atom. The van der Waals surface area contributed by atoms with Crippen LogP contribution in [0.3, 0.4) is 0 Å². The monoisotopic (exact) mass is 573 g/mol. The van der Waals surface area contributed by atoms with Crippen molar-refractivity contribution in [1.29, 1.82) is 0 Å². The van der Waals surface area contributed by atoms with Crippen LogP contribution < -0.4 is 10.5 Å². The van der Waals surface area contributed by atoms with Crippen LogP contribution in [0.15, 0.2) is 102 Å². The van der Waals surface area contributed by atoms with Crippen LogP contribution in [0.25, 0.3) is 11.1 Å². The number of halogens is 1. The van der Waals surface area contributed by atoms with Crippen molar-refractivity contribution < 1.29 is 14.2 Å². The molecule has 1 unspecified atom stereocenters. The predicted octanol–water partition coefficient (Wildman–Crippen LogP) is 8.52. The van der Waals surface area contributed by atoms with Gasteiger partial charge in [-0.05, 0) is 84.8 Å². The maximum absolute atomic E-state index is 6.38. The van der Waals surface area contributed by atoms with Gasteiger partial charge >= 0.3 is 0 Å². The number of nitrogens with two attached hydrogens (primary N) is 1. The largest absolute Gasteiger partial charge is 0.493 e. The summed E-state index contributed by atoms with van der Waals surface area (Å²) in [6.45, 7) is 12.1. The van der Waals surface area contributed by atoms with Gasteiger partial charge in [-0.25, -0.2) is 0 Å². The highest BCUT2D eigenvalue weighted by molar-refractivity contribution is 6.31. The van der Waals surface area contributed by atoms with Crippen LogP contribution in [0, 0.1) is 6.92 Å². The molecule has 2 N–H and O–H groups in total. The minimum atomic E-state index is 0.232. The van der Waals surface area contributed by atoms with Gasteiger partial charge in [0.25, 0.3) is 0 Å². The van der Waals surface area contributed by atoms with Crippen LogP contribution in [0.1, 0.15) is 48.4 Å². The van der Waals surface area contributed by atoms with Gasteiger partial charge in [0.1, 0.15) is 24.7 Å². The van der Waals surface area contributed by atoms with Gasteiger partial charge in [-0.3, -0.25) is 0 Å². The lowest BCUT2D eigenvalue weighted by molar-refractivity contribution is 0.151. The summed E-state index contributed by atoms with van der Waals surface area (Å²) >= 11 is 6.38. The molecule has 3 aromatic carbocycles. The highest BCUT2D eigenvalue weighted by atomic mass is 35.5. The molecular weight excluding hydrogens is 530 g/mol. The van der Waals surface area contributed by atoms with Crippen LogP contribution in [0.5, 0.6) is 5.75 Å². The second-order valence-electron chi connectivity index (χ2n) is 10.2. The van der Waals surface area contributed by atoms with Gasteiger partial charge in [0.2, 0.25) is 0 Å². The van der Waals surface area contributed by atoms with Crippen molar-refractivity contribution in [2.24, 2.45) is 5.73 Å². The molecule has 0 saturated carbocycles. The Hall–Kier alpha value is -3.31. The fourth-order valence-electron chi connectivity index (χ4n) is 4.86. The molecule has 218 valence electrons. The molecule has 5 heteroatoms. The Bertz CT molecular complexity index is 1330. The highest BCUT2D eigenvalue weighted by Gasteiger charge is 2.15. The zero-order valence-corrected chi connectivity index (χ0v) is 25.7. The quantitative estimate of drug-likeness (QED) is 0.106. The molecule has 0 aromatic heterocycles. The molecule has 3 rings (SSSR count). The maximum atomic E-state index is 6.38. The lowest BCUT2D eigenvalue weighted by atomic mass is 9.87. The van der Waals surface area contributed by atoms with Crippen molar-refractivity contribution in [3.05, 3.63) is 124 Å². The van der Waals surface area contributed by atoms with Gasteiger partial charge in [0.15, 0.2) is 0 Å². The normalized spacial score (nSPS) is 13.0. The molecule has 0 aliphatic rings.